The van der Waals surface area contributed by atoms with E-state index >= 15 is 0 Å². The minimum Gasteiger partial charge on any atom is -0.460 e. The summed E-state index contributed by atoms with van der Waals surface area (Å²) in [7, 11) is -3.30. The maximum atomic E-state index is 13.5. The van der Waals surface area contributed by atoms with Gasteiger partial charge in [-0.1, -0.05) is 5.09 Å². The normalized spacial score (nSPS) is 13.7. The van der Waals surface area contributed by atoms with Gasteiger partial charge in [0.25, 0.3) is 5.75 Å². The number of ether oxygens (including phenoxy) is 2. The molecular weight excluding hydrogens is 416 g/mol. The highest BCUT2D eigenvalue weighted by Gasteiger charge is 2.36. The van der Waals surface area contributed by atoms with Crippen LogP contribution in [0.4, 0.5) is 22.0 Å². The van der Waals surface area contributed by atoms with Crippen LogP contribution in [0.25, 0.3) is 0 Å². The highest BCUT2D eigenvalue weighted by atomic mass is 31.1. The fraction of sp³-hybridized carbons (Fsp3) is 0.467. The van der Waals surface area contributed by atoms with Crippen LogP contribution >= 0.6 is 8.18 Å². The first kappa shape index (κ1) is 23.7. The molecule has 0 aliphatic carbocycles. The third-order valence-electron chi connectivity index (χ3n) is 2.97. The van der Waals surface area contributed by atoms with Gasteiger partial charge in [-0.25, -0.2) is 22.5 Å². The molecule has 13 heteroatoms. The zero-order valence-corrected chi connectivity index (χ0v) is 15.9. The Morgan fingerprint density at radius 1 is 0.821 bits per heavy atom. The van der Waals surface area contributed by atoms with E-state index in [-0.39, 0.29) is 0 Å². The molecule has 0 aromatic heterocycles. The zero-order chi connectivity index (χ0) is 21.8. The second-order valence-electron chi connectivity index (χ2n) is 5.66. The Hall–Kier alpha value is -2.33. The molecule has 0 fully saturated rings. The van der Waals surface area contributed by atoms with Gasteiger partial charge < -0.3 is 9.47 Å². The average molecular weight is 432 g/mol. The van der Waals surface area contributed by atoms with E-state index < -0.39 is 73.2 Å². The van der Waals surface area contributed by atoms with Crippen molar-refractivity contribution >= 4 is 20.1 Å². The van der Waals surface area contributed by atoms with Gasteiger partial charge in [-0.05, 0) is 27.7 Å². The summed E-state index contributed by atoms with van der Waals surface area (Å²) in [4.78, 5) is 23.4. The molecule has 1 aromatic rings. The Kier molecular flexibility index (Phi) is 8.25. The lowest BCUT2D eigenvalue weighted by Gasteiger charge is -2.15. The standard InChI is InChI=1S/C15H16F5NO6P/c1-5(2)25-15(23)7(4)26-14(22)6(3)21-28(24)27-13-11(19)9(17)8(16)10(18)12(13)20/h5-7H,1-4H3,(H,21,24)/q+1/t6-,7-/m0/s1. The van der Waals surface area contributed by atoms with Crippen LogP contribution in [0, 0.1) is 29.1 Å². The van der Waals surface area contributed by atoms with Crippen molar-refractivity contribution in [3.05, 3.63) is 29.1 Å². The predicted octanol–water partition coefficient (Wildman–Crippen LogP) is 3.28. The van der Waals surface area contributed by atoms with E-state index in [0.29, 0.717) is 0 Å². The van der Waals surface area contributed by atoms with Crippen molar-refractivity contribution in [1.82, 2.24) is 5.09 Å². The monoisotopic (exact) mass is 432 g/mol. The van der Waals surface area contributed by atoms with E-state index in [1.165, 1.54) is 6.92 Å². The van der Waals surface area contributed by atoms with E-state index in [4.69, 9.17) is 9.47 Å². The summed E-state index contributed by atoms with van der Waals surface area (Å²) in [5, 5.41) is 1.91. The molecule has 0 saturated carbocycles. The van der Waals surface area contributed by atoms with Crippen molar-refractivity contribution in [2.75, 3.05) is 0 Å². The molecule has 156 valence electrons. The molecule has 0 heterocycles. The number of carbonyl (C=O) groups excluding carboxylic acids is 2. The number of hydrogen-bond acceptors (Lipinski definition) is 6. The van der Waals surface area contributed by atoms with Crippen LogP contribution in [0.2, 0.25) is 0 Å². The Morgan fingerprint density at radius 3 is 1.75 bits per heavy atom. The molecule has 0 bridgehead atoms. The summed E-state index contributed by atoms with van der Waals surface area (Å²) in [5.74, 6) is -15.4. The van der Waals surface area contributed by atoms with Crippen molar-refractivity contribution in [1.29, 1.82) is 0 Å². The Labute approximate surface area is 157 Å². The highest BCUT2D eigenvalue weighted by molar-refractivity contribution is 7.37. The number of hydrogen-bond donors (Lipinski definition) is 1. The second kappa shape index (κ2) is 9.74. The van der Waals surface area contributed by atoms with Crippen LogP contribution in [-0.4, -0.2) is 30.2 Å². The first-order chi connectivity index (χ1) is 12.9. The number of rotatable bonds is 8. The van der Waals surface area contributed by atoms with Crippen molar-refractivity contribution in [2.24, 2.45) is 0 Å². The van der Waals surface area contributed by atoms with Gasteiger partial charge in [0.1, 0.15) is 6.04 Å². The van der Waals surface area contributed by atoms with Crippen molar-refractivity contribution in [3.8, 4) is 5.75 Å². The highest BCUT2D eigenvalue weighted by Crippen LogP contribution is 2.34. The zero-order valence-electron chi connectivity index (χ0n) is 15.0. The van der Waals surface area contributed by atoms with Crippen LogP contribution in [-0.2, 0) is 23.6 Å². The minimum atomic E-state index is -3.30. The Balaban J connectivity index is 2.76. The fourth-order valence-electron chi connectivity index (χ4n) is 1.64. The molecule has 0 amide bonds. The maximum Gasteiger partial charge on any atom is 0.664 e. The number of carbonyl (C=O) groups is 2. The molecule has 1 unspecified atom stereocenters. The topological polar surface area (TPSA) is 90.9 Å². The number of benzene rings is 1. The predicted molar refractivity (Wildman–Crippen MR) is 83.8 cm³/mol. The summed E-state index contributed by atoms with van der Waals surface area (Å²) in [6, 6.07) is -1.43. The largest absolute Gasteiger partial charge is 0.664 e. The van der Waals surface area contributed by atoms with Crippen molar-refractivity contribution < 1.29 is 50.1 Å². The van der Waals surface area contributed by atoms with Crippen molar-refractivity contribution in [2.45, 2.75) is 45.9 Å². The van der Waals surface area contributed by atoms with Gasteiger partial charge in [0.2, 0.25) is 29.1 Å². The molecule has 7 nitrogen and oxygen atoms in total. The van der Waals surface area contributed by atoms with Gasteiger partial charge in [-0.3, -0.25) is 4.79 Å². The molecule has 1 rings (SSSR count). The second-order valence-corrected chi connectivity index (χ2v) is 6.62. The summed E-state index contributed by atoms with van der Waals surface area (Å²) in [6.45, 7) is 5.44. The van der Waals surface area contributed by atoms with Crippen LogP contribution in [0.1, 0.15) is 27.7 Å². The van der Waals surface area contributed by atoms with E-state index in [0.717, 1.165) is 6.92 Å². The molecule has 0 aliphatic rings. The smallest absolute Gasteiger partial charge is 0.460 e. The van der Waals surface area contributed by atoms with E-state index in [9.17, 15) is 36.1 Å². The average Bonchev–Trinajstić information content (AvgIpc) is 2.61. The number of esters is 2. The summed E-state index contributed by atoms with van der Waals surface area (Å²) < 4.78 is 91.6. The van der Waals surface area contributed by atoms with Gasteiger partial charge in [0.05, 0.1) is 6.10 Å². The van der Waals surface area contributed by atoms with E-state index in [1.807, 2.05) is 5.09 Å². The molecule has 0 aliphatic heterocycles. The van der Waals surface area contributed by atoms with Gasteiger partial charge in [-0.15, -0.1) is 0 Å². The van der Waals surface area contributed by atoms with Gasteiger partial charge >= 0.3 is 20.1 Å². The van der Waals surface area contributed by atoms with Gasteiger partial charge in [0.15, 0.2) is 6.10 Å². The van der Waals surface area contributed by atoms with Crippen LogP contribution < -0.4 is 9.61 Å². The van der Waals surface area contributed by atoms with Gasteiger partial charge in [-0.2, -0.15) is 8.78 Å². The summed E-state index contributed by atoms with van der Waals surface area (Å²) in [6.07, 6.45) is -1.78. The quantitative estimate of drug-likeness (QED) is 0.222. The minimum absolute atomic E-state index is 0.464. The van der Waals surface area contributed by atoms with Gasteiger partial charge in [0, 0.05) is 4.57 Å². The SMILES string of the molecule is CC(C)OC(=O)[C@H](C)OC(=O)[C@H](C)N[P+](=O)Oc1c(F)c(F)c(F)c(F)c1F. The maximum absolute atomic E-state index is 13.5. The van der Waals surface area contributed by atoms with E-state index in [1.54, 1.807) is 13.8 Å². The number of nitrogens with one attached hydrogen (secondary N) is 1. The lowest BCUT2D eigenvalue weighted by molar-refractivity contribution is -0.169. The Bertz CT molecular complexity index is 762. The first-order valence-corrected chi connectivity index (χ1v) is 8.88. The molecule has 1 N–H and O–H groups in total. The molecule has 0 spiro atoms. The third-order valence-corrected chi connectivity index (χ3v) is 3.92. The molecule has 3 atom stereocenters. The number of halogens is 5. The van der Waals surface area contributed by atoms with E-state index in [2.05, 4.69) is 4.52 Å². The molecule has 1 aromatic carbocycles. The first-order valence-electron chi connectivity index (χ1n) is 7.70. The third kappa shape index (κ3) is 5.83. The molecular formula is C15H16F5NO6P+. The van der Waals surface area contributed by atoms with Crippen molar-refractivity contribution in [3.63, 3.8) is 0 Å². The van der Waals surface area contributed by atoms with Crippen LogP contribution in [0.15, 0.2) is 0 Å². The Morgan fingerprint density at radius 2 is 1.29 bits per heavy atom. The molecule has 0 radical (unpaired) electrons. The molecule has 28 heavy (non-hydrogen) atoms. The van der Waals surface area contributed by atoms with Crippen LogP contribution in [0.5, 0.6) is 5.75 Å². The molecule has 0 saturated heterocycles. The lowest BCUT2D eigenvalue weighted by Crippen LogP contribution is -2.37. The van der Waals surface area contributed by atoms with Crippen LogP contribution in [0.3, 0.4) is 0 Å². The summed E-state index contributed by atoms with van der Waals surface area (Å²) in [5.41, 5.74) is 0. The lowest BCUT2D eigenvalue weighted by atomic mass is 10.3. The summed E-state index contributed by atoms with van der Waals surface area (Å²) >= 11 is 0. The fourth-order valence-corrected chi connectivity index (χ4v) is 2.44.